The molecule has 0 spiro atoms. The van der Waals surface area contributed by atoms with Gasteiger partial charge >= 0.3 is 0 Å². The van der Waals surface area contributed by atoms with E-state index in [0.717, 1.165) is 4.90 Å². The smallest absolute Gasteiger partial charge is 0.240 e. The second kappa shape index (κ2) is 9.75. The molecule has 0 saturated heterocycles. The number of carbonyl (C=O) groups excluding carboxylic acids is 1. The third-order valence-electron chi connectivity index (χ3n) is 4.09. The minimum Gasteiger partial charge on any atom is -0.455 e. The zero-order valence-electron chi connectivity index (χ0n) is 16.2. The van der Waals surface area contributed by atoms with Crippen LogP contribution >= 0.6 is 11.8 Å². The van der Waals surface area contributed by atoms with Crippen LogP contribution in [0.2, 0.25) is 0 Å². The SMILES string of the molecule is Cc1ccc(SCCC(=O)N/N=C/c2ccc(-c3ccc(S(N)(=O)=O)cc3)o2)cc1. The molecule has 1 aromatic heterocycles. The van der Waals surface area contributed by atoms with Crippen LogP contribution in [0.1, 0.15) is 17.7 Å². The van der Waals surface area contributed by atoms with E-state index in [2.05, 4.69) is 10.5 Å². The van der Waals surface area contributed by atoms with Crippen molar-refractivity contribution in [1.82, 2.24) is 5.43 Å². The summed E-state index contributed by atoms with van der Waals surface area (Å²) in [6, 6.07) is 17.6. The molecule has 0 saturated carbocycles. The van der Waals surface area contributed by atoms with Crippen LogP contribution in [0.3, 0.4) is 0 Å². The van der Waals surface area contributed by atoms with Gasteiger partial charge in [-0.3, -0.25) is 4.79 Å². The molecule has 3 N–H and O–H groups in total. The summed E-state index contributed by atoms with van der Waals surface area (Å²) in [7, 11) is -3.73. The number of hydrazone groups is 1. The Hall–Kier alpha value is -2.88. The highest BCUT2D eigenvalue weighted by Crippen LogP contribution is 2.23. The molecule has 156 valence electrons. The van der Waals surface area contributed by atoms with Crippen LogP contribution in [0.25, 0.3) is 11.3 Å². The van der Waals surface area contributed by atoms with Crippen molar-refractivity contribution in [2.24, 2.45) is 10.2 Å². The predicted octanol–water partition coefficient (Wildman–Crippen LogP) is 3.53. The normalized spacial score (nSPS) is 11.7. The molecule has 9 heteroatoms. The van der Waals surface area contributed by atoms with E-state index in [1.54, 1.807) is 36.0 Å². The maximum Gasteiger partial charge on any atom is 0.240 e. The maximum absolute atomic E-state index is 11.9. The van der Waals surface area contributed by atoms with Gasteiger partial charge in [0.1, 0.15) is 11.5 Å². The maximum atomic E-state index is 11.9. The fourth-order valence-electron chi connectivity index (χ4n) is 2.51. The van der Waals surface area contributed by atoms with Crippen molar-refractivity contribution in [1.29, 1.82) is 0 Å². The molecule has 0 atom stereocenters. The number of carbonyl (C=O) groups is 1. The summed E-state index contributed by atoms with van der Waals surface area (Å²) in [6.45, 7) is 2.03. The molecule has 0 fully saturated rings. The zero-order valence-corrected chi connectivity index (χ0v) is 17.9. The zero-order chi connectivity index (χ0) is 21.6. The molecule has 0 aliphatic carbocycles. The summed E-state index contributed by atoms with van der Waals surface area (Å²) in [5, 5.41) is 9.00. The topological polar surface area (TPSA) is 115 Å². The first kappa shape index (κ1) is 21.8. The molecule has 30 heavy (non-hydrogen) atoms. The van der Waals surface area contributed by atoms with Gasteiger partial charge in [0.15, 0.2) is 0 Å². The lowest BCUT2D eigenvalue weighted by Crippen LogP contribution is -2.17. The number of thioether (sulfide) groups is 1. The van der Waals surface area contributed by atoms with Crippen LogP contribution in [0, 0.1) is 6.92 Å². The lowest BCUT2D eigenvalue weighted by atomic mass is 10.2. The number of nitrogens with zero attached hydrogens (tertiary/aromatic N) is 1. The van der Waals surface area contributed by atoms with Crippen LogP contribution < -0.4 is 10.6 Å². The highest BCUT2D eigenvalue weighted by molar-refractivity contribution is 7.99. The Kier molecular flexibility index (Phi) is 7.09. The molecule has 7 nitrogen and oxygen atoms in total. The van der Waals surface area contributed by atoms with Gasteiger partial charge in [-0.05, 0) is 55.5 Å². The standard InChI is InChI=1S/C21H21N3O4S2/c1-15-2-7-18(8-3-15)29-13-12-21(25)24-23-14-17-6-11-20(28-17)16-4-9-19(10-5-16)30(22,26)27/h2-11,14H,12-13H2,1H3,(H,24,25)(H2,22,26,27)/b23-14+. The predicted molar refractivity (Wildman–Crippen MR) is 118 cm³/mol. The molecule has 0 aliphatic rings. The van der Waals surface area contributed by atoms with Crippen molar-refractivity contribution in [3.8, 4) is 11.3 Å². The fraction of sp³-hybridized carbons (Fsp3) is 0.143. The van der Waals surface area contributed by atoms with E-state index in [1.165, 1.54) is 23.9 Å². The Labute approximate surface area is 179 Å². The number of amides is 1. The number of sulfonamides is 1. The lowest BCUT2D eigenvalue weighted by Gasteiger charge is -2.02. The highest BCUT2D eigenvalue weighted by atomic mass is 32.2. The van der Waals surface area contributed by atoms with E-state index in [9.17, 15) is 13.2 Å². The third kappa shape index (κ3) is 6.31. The van der Waals surface area contributed by atoms with Gasteiger partial charge in [-0.15, -0.1) is 11.8 Å². The first-order chi connectivity index (χ1) is 14.3. The minimum atomic E-state index is -3.73. The molecular formula is C21H21N3O4S2. The molecule has 0 bridgehead atoms. The molecular weight excluding hydrogens is 422 g/mol. The third-order valence-corrected chi connectivity index (χ3v) is 6.04. The largest absolute Gasteiger partial charge is 0.455 e. The monoisotopic (exact) mass is 443 g/mol. The van der Waals surface area contributed by atoms with Crippen LogP contribution in [-0.2, 0) is 14.8 Å². The van der Waals surface area contributed by atoms with Gasteiger partial charge in [-0.25, -0.2) is 19.0 Å². The van der Waals surface area contributed by atoms with E-state index < -0.39 is 10.0 Å². The minimum absolute atomic E-state index is 0.0304. The number of nitrogens with two attached hydrogens (primary N) is 1. The summed E-state index contributed by atoms with van der Waals surface area (Å²) in [5.74, 6) is 1.47. The summed E-state index contributed by atoms with van der Waals surface area (Å²) in [4.78, 5) is 13.0. The summed E-state index contributed by atoms with van der Waals surface area (Å²) < 4.78 is 28.3. The Morgan fingerprint density at radius 1 is 1.10 bits per heavy atom. The van der Waals surface area contributed by atoms with Crippen molar-refractivity contribution in [3.05, 3.63) is 72.0 Å². The van der Waals surface area contributed by atoms with Crippen molar-refractivity contribution < 1.29 is 17.6 Å². The van der Waals surface area contributed by atoms with Crippen LogP contribution in [0.15, 0.2) is 80.0 Å². The van der Waals surface area contributed by atoms with Gasteiger partial charge in [-0.1, -0.05) is 17.7 Å². The van der Waals surface area contributed by atoms with E-state index in [1.807, 2.05) is 31.2 Å². The van der Waals surface area contributed by atoms with Gasteiger partial charge in [0.2, 0.25) is 15.9 Å². The van der Waals surface area contributed by atoms with E-state index in [0.29, 0.717) is 29.3 Å². The second-order valence-electron chi connectivity index (χ2n) is 6.48. The Bertz CT molecular complexity index is 1140. The van der Waals surface area contributed by atoms with Crippen molar-refractivity contribution in [2.75, 3.05) is 5.75 Å². The molecule has 0 unspecified atom stereocenters. The number of hydrogen-bond donors (Lipinski definition) is 2. The van der Waals surface area contributed by atoms with E-state index in [-0.39, 0.29) is 10.8 Å². The first-order valence-corrected chi connectivity index (χ1v) is 11.6. The van der Waals surface area contributed by atoms with Gasteiger partial charge in [0.25, 0.3) is 0 Å². The molecule has 0 aliphatic heterocycles. The Morgan fingerprint density at radius 2 is 1.80 bits per heavy atom. The van der Waals surface area contributed by atoms with Crippen LogP contribution in [-0.4, -0.2) is 26.3 Å². The number of hydrogen-bond acceptors (Lipinski definition) is 6. The van der Waals surface area contributed by atoms with Gasteiger partial charge in [0.05, 0.1) is 11.1 Å². The number of rotatable bonds is 8. The Balaban J connectivity index is 1.48. The number of primary sulfonamides is 1. The number of furan rings is 1. The van der Waals surface area contributed by atoms with Crippen molar-refractivity contribution in [2.45, 2.75) is 23.1 Å². The van der Waals surface area contributed by atoms with Gasteiger partial charge < -0.3 is 4.42 Å². The lowest BCUT2D eigenvalue weighted by molar-refractivity contribution is -0.120. The molecule has 1 heterocycles. The van der Waals surface area contributed by atoms with E-state index in [4.69, 9.17) is 9.56 Å². The fourth-order valence-corrected chi connectivity index (χ4v) is 3.87. The van der Waals surface area contributed by atoms with Gasteiger partial charge in [0, 0.05) is 22.6 Å². The van der Waals surface area contributed by atoms with E-state index >= 15 is 0 Å². The average molecular weight is 444 g/mol. The number of benzene rings is 2. The quantitative estimate of drug-likeness (QED) is 0.314. The summed E-state index contributed by atoms with van der Waals surface area (Å²) >= 11 is 1.61. The number of nitrogens with one attached hydrogen (secondary N) is 1. The van der Waals surface area contributed by atoms with Crippen LogP contribution in [0.4, 0.5) is 0 Å². The molecule has 3 rings (SSSR count). The average Bonchev–Trinajstić information content (AvgIpc) is 3.18. The summed E-state index contributed by atoms with van der Waals surface area (Å²) in [6.07, 6.45) is 1.75. The number of aryl methyl sites for hydroxylation is 1. The molecule has 3 aromatic rings. The van der Waals surface area contributed by atoms with Crippen molar-refractivity contribution in [3.63, 3.8) is 0 Å². The summed E-state index contributed by atoms with van der Waals surface area (Å²) in [5.41, 5.74) is 4.37. The van der Waals surface area contributed by atoms with Crippen LogP contribution in [0.5, 0.6) is 0 Å². The Morgan fingerprint density at radius 3 is 2.47 bits per heavy atom. The molecule has 0 radical (unpaired) electrons. The van der Waals surface area contributed by atoms with Gasteiger partial charge in [-0.2, -0.15) is 5.10 Å². The first-order valence-electron chi connectivity index (χ1n) is 9.06. The molecule has 1 amide bonds. The van der Waals surface area contributed by atoms with Crippen molar-refractivity contribution >= 4 is 33.9 Å². The second-order valence-corrected chi connectivity index (χ2v) is 9.21. The highest BCUT2D eigenvalue weighted by Gasteiger charge is 2.09. The molecule has 2 aromatic carbocycles.